The molecule has 1 unspecified atom stereocenters. The van der Waals surface area contributed by atoms with Crippen molar-refractivity contribution in [2.75, 3.05) is 5.32 Å². The molecule has 1 atom stereocenters. The van der Waals surface area contributed by atoms with Crippen LogP contribution in [-0.4, -0.2) is 12.1 Å². The summed E-state index contributed by atoms with van der Waals surface area (Å²) in [6, 6.07) is 6.54. The third-order valence-electron chi connectivity index (χ3n) is 3.28. The molecule has 3 heteroatoms. The van der Waals surface area contributed by atoms with Gasteiger partial charge >= 0.3 is 0 Å². The molecule has 0 amide bonds. The first-order valence-electron chi connectivity index (χ1n) is 6.83. The zero-order valence-electron chi connectivity index (χ0n) is 11.4. The van der Waals surface area contributed by atoms with Crippen molar-refractivity contribution >= 4 is 17.3 Å². The largest absolute Gasteiger partial charge is 0.489 e. The van der Waals surface area contributed by atoms with Gasteiger partial charge in [-0.05, 0) is 57.2 Å². The molecule has 100 valence electrons. The Kier molecular flexibility index (Phi) is 4.39. The molecular weight excluding hydrogens is 246 g/mol. The van der Waals surface area contributed by atoms with E-state index in [1.807, 2.05) is 26.0 Å². The standard InChI is InChI=1S/C15H22ClNO/c1-4-14(11-5-6-11)17-12-7-8-15(13(16)9-12)18-10(2)3/h7-11,14,17H,4-6H2,1-3H3. The molecule has 1 aliphatic rings. The van der Waals surface area contributed by atoms with Gasteiger partial charge in [-0.25, -0.2) is 0 Å². The molecule has 2 rings (SSSR count). The molecule has 0 bridgehead atoms. The minimum absolute atomic E-state index is 0.149. The minimum atomic E-state index is 0.149. The average Bonchev–Trinajstić information content (AvgIpc) is 3.13. The Hall–Kier alpha value is -0.890. The van der Waals surface area contributed by atoms with Gasteiger partial charge in [-0.1, -0.05) is 18.5 Å². The molecule has 0 heterocycles. The molecule has 1 N–H and O–H groups in total. The van der Waals surface area contributed by atoms with Gasteiger partial charge in [0.15, 0.2) is 0 Å². The lowest BCUT2D eigenvalue weighted by Crippen LogP contribution is -2.20. The Balaban J connectivity index is 2.03. The number of anilines is 1. The topological polar surface area (TPSA) is 21.3 Å². The summed E-state index contributed by atoms with van der Waals surface area (Å²) in [5, 5.41) is 4.25. The first-order chi connectivity index (χ1) is 8.60. The van der Waals surface area contributed by atoms with Crippen LogP contribution in [0.5, 0.6) is 5.75 Å². The predicted octanol–water partition coefficient (Wildman–Crippen LogP) is 4.73. The molecule has 0 aliphatic heterocycles. The van der Waals surface area contributed by atoms with Crippen molar-refractivity contribution < 1.29 is 4.74 Å². The number of hydrogen-bond acceptors (Lipinski definition) is 2. The van der Waals surface area contributed by atoms with E-state index < -0.39 is 0 Å². The van der Waals surface area contributed by atoms with Gasteiger partial charge in [0.05, 0.1) is 11.1 Å². The van der Waals surface area contributed by atoms with E-state index in [0.29, 0.717) is 11.1 Å². The predicted molar refractivity (Wildman–Crippen MR) is 77.6 cm³/mol. The van der Waals surface area contributed by atoms with Crippen LogP contribution in [0.1, 0.15) is 40.0 Å². The molecule has 18 heavy (non-hydrogen) atoms. The van der Waals surface area contributed by atoms with E-state index in [9.17, 15) is 0 Å². The first-order valence-corrected chi connectivity index (χ1v) is 7.20. The number of rotatable bonds is 6. The number of ether oxygens (including phenoxy) is 1. The fraction of sp³-hybridized carbons (Fsp3) is 0.600. The monoisotopic (exact) mass is 267 g/mol. The van der Waals surface area contributed by atoms with Crippen molar-refractivity contribution in [3.8, 4) is 5.75 Å². The fourth-order valence-corrected chi connectivity index (χ4v) is 2.43. The summed E-state index contributed by atoms with van der Waals surface area (Å²) < 4.78 is 5.63. The first kappa shape index (κ1) is 13.5. The molecule has 0 aromatic heterocycles. The summed E-state index contributed by atoms with van der Waals surface area (Å²) in [6.07, 6.45) is 4.02. The van der Waals surface area contributed by atoms with Crippen LogP contribution in [0.15, 0.2) is 18.2 Å². The van der Waals surface area contributed by atoms with Crippen LogP contribution in [-0.2, 0) is 0 Å². The van der Waals surface area contributed by atoms with Crippen molar-refractivity contribution in [2.24, 2.45) is 5.92 Å². The van der Waals surface area contributed by atoms with Gasteiger partial charge in [0, 0.05) is 11.7 Å². The molecule has 1 fully saturated rings. The highest BCUT2D eigenvalue weighted by atomic mass is 35.5. The summed E-state index contributed by atoms with van der Waals surface area (Å²) in [4.78, 5) is 0. The van der Waals surface area contributed by atoms with E-state index in [2.05, 4.69) is 18.3 Å². The second kappa shape index (κ2) is 5.83. The summed E-state index contributed by atoms with van der Waals surface area (Å²) in [5.41, 5.74) is 1.09. The van der Waals surface area contributed by atoms with Crippen LogP contribution >= 0.6 is 11.6 Å². The minimum Gasteiger partial charge on any atom is -0.489 e. The van der Waals surface area contributed by atoms with Crippen LogP contribution in [0.2, 0.25) is 5.02 Å². The molecular formula is C15H22ClNO. The van der Waals surface area contributed by atoms with Gasteiger partial charge in [-0.2, -0.15) is 0 Å². The van der Waals surface area contributed by atoms with E-state index >= 15 is 0 Å². The van der Waals surface area contributed by atoms with E-state index in [1.54, 1.807) is 0 Å². The van der Waals surface area contributed by atoms with Crippen LogP contribution < -0.4 is 10.1 Å². The second-order valence-corrected chi connectivity index (χ2v) is 5.72. The summed E-state index contributed by atoms with van der Waals surface area (Å²) in [5.74, 6) is 1.61. The summed E-state index contributed by atoms with van der Waals surface area (Å²) in [6.45, 7) is 6.24. The summed E-state index contributed by atoms with van der Waals surface area (Å²) >= 11 is 6.23. The van der Waals surface area contributed by atoms with Gasteiger partial charge in [0.25, 0.3) is 0 Å². The van der Waals surface area contributed by atoms with E-state index in [-0.39, 0.29) is 6.10 Å². The molecule has 0 spiro atoms. The molecule has 2 nitrogen and oxygen atoms in total. The zero-order chi connectivity index (χ0) is 13.1. The van der Waals surface area contributed by atoms with Crippen molar-refractivity contribution in [2.45, 2.75) is 52.2 Å². The Morgan fingerprint density at radius 1 is 1.39 bits per heavy atom. The van der Waals surface area contributed by atoms with Crippen molar-refractivity contribution in [3.05, 3.63) is 23.2 Å². The van der Waals surface area contributed by atoms with Gasteiger partial charge in [0.2, 0.25) is 0 Å². The Bertz CT molecular complexity index is 401. The maximum absolute atomic E-state index is 6.23. The lowest BCUT2D eigenvalue weighted by molar-refractivity contribution is 0.242. The van der Waals surface area contributed by atoms with Crippen molar-refractivity contribution in [1.29, 1.82) is 0 Å². The van der Waals surface area contributed by atoms with Gasteiger partial charge in [0.1, 0.15) is 5.75 Å². The van der Waals surface area contributed by atoms with Gasteiger partial charge in [-0.3, -0.25) is 0 Å². The molecule has 0 radical (unpaired) electrons. The quantitative estimate of drug-likeness (QED) is 0.805. The third-order valence-corrected chi connectivity index (χ3v) is 3.57. The van der Waals surface area contributed by atoms with Crippen molar-refractivity contribution in [3.63, 3.8) is 0 Å². The normalized spacial score (nSPS) is 16.7. The van der Waals surface area contributed by atoms with E-state index in [0.717, 1.165) is 23.8 Å². The number of halogens is 1. The van der Waals surface area contributed by atoms with E-state index in [1.165, 1.54) is 12.8 Å². The van der Waals surface area contributed by atoms with Crippen LogP contribution in [0.3, 0.4) is 0 Å². The SMILES string of the molecule is CCC(Nc1ccc(OC(C)C)c(Cl)c1)C1CC1. The lowest BCUT2D eigenvalue weighted by atomic mass is 10.1. The number of nitrogens with one attached hydrogen (secondary N) is 1. The van der Waals surface area contributed by atoms with Gasteiger partial charge < -0.3 is 10.1 Å². The smallest absolute Gasteiger partial charge is 0.138 e. The maximum atomic E-state index is 6.23. The van der Waals surface area contributed by atoms with Crippen LogP contribution in [0.25, 0.3) is 0 Å². The highest BCUT2D eigenvalue weighted by Crippen LogP contribution is 2.36. The molecule has 1 aromatic carbocycles. The average molecular weight is 268 g/mol. The van der Waals surface area contributed by atoms with Crippen LogP contribution in [0.4, 0.5) is 5.69 Å². The summed E-state index contributed by atoms with van der Waals surface area (Å²) in [7, 11) is 0. The fourth-order valence-electron chi connectivity index (χ4n) is 2.21. The maximum Gasteiger partial charge on any atom is 0.138 e. The van der Waals surface area contributed by atoms with Crippen LogP contribution in [0, 0.1) is 5.92 Å². The highest BCUT2D eigenvalue weighted by molar-refractivity contribution is 6.32. The number of benzene rings is 1. The Morgan fingerprint density at radius 3 is 2.61 bits per heavy atom. The molecule has 0 saturated heterocycles. The third kappa shape index (κ3) is 3.55. The van der Waals surface area contributed by atoms with Crippen molar-refractivity contribution in [1.82, 2.24) is 0 Å². The zero-order valence-corrected chi connectivity index (χ0v) is 12.1. The Morgan fingerprint density at radius 2 is 2.11 bits per heavy atom. The second-order valence-electron chi connectivity index (χ2n) is 5.31. The van der Waals surface area contributed by atoms with Gasteiger partial charge in [-0.15, -0.1) is 0 Å². The molecule has 1 aliphatic carbocycles. The van der Waals surface area contributed by atoms with E-state index in [4.69, 9.17) is 16.3 Å². The highest BCUT2D eigenvalue weighted by Gasteiger charge is 2.29. The molecule has 1 aromatic rings. The Labute approximate surface area is 115 Å². The lowest BCUT2D eigenvalue weighted by Gasteiger charge is -2.19. The number of hydrogen-bond donors (Lipinski definition) is 1. The molecule has 1 saturated carbocycles.